The lowest BCUT2D eigenvalue weighted by atomic mass is 9.93. The first-order valence-corrected chi connectivity index (χ1v) is 8.46. The fourth-order valence-corrected chi connectivity index (χ4v) is 2.48. The van der Waals surface area contributed by atoms with Crippen molar-refractivity contribution in [3.05, 3.63) is 0 Å². The Labute approximate surface area is 157 Å². The molecule has 27 heavy (non-hydrogen) atoms. The van der Waals surface area contributed by atoms with E-state index >= 15 is 0 Å². The van der Waals surface area contributed by atoms with Crippen molar-refractivity contribution in [1.29, 1.82) is 0 Å². The van der Waals surface area contributed by atoms with E-state index in [1.54, 1.807) is 7.05 Å². The van der Waals surface area contributed by atoms with E-state index in [0.29, 0.717) is 0 Å². The van der Waals surface area contributed by atoms with Crippen LogP contribution < -0.4 is 11.5 Å². The molecule has 0 saturated heterocycles. The van der Waals surface area contributed by atoms with Crippen molar-refractivity contribution in [3.8, 4) is 0 Å². The molecule has 0 spiro atoms. The molecule has 0 bridgehead atoms. The van der Waals surface area contributed by atoms with Gasteiger partial charge in [0.1, 0.15) is 11.8 Å². The minimum absolute atomic E-state index is 0.0975. The number of likely N-dealkylation sites (N-methyl/N-ethyl adjacent to an activating group) is 1. The molecular weight excluding hydrogens is 360 g/mol. The van der Waals surface area contributed by atoms with Crippen LogP contribution in [0.3, 0.4) is 0 Å². The number of aliphatic hydroxyl groups excluding tert-OH is 2. The Morgan fingerprint density at radius 1 is 1.07 bits per heavy atom. The molecule has 0 aliphatic heterocycles. The van der Waals surface area contributed by atoms with E-state index in [1.165, 1.54) is 24.0 Å². The van der Waals surface area contributed by atoms with Crippen molar-refractivity contribution < 1.29 is 34.5 Å². The molecule has 11 nitrogen and oxygen atoms in total. The number of nitrogens with two attached hydrogens (primary N) is 2. The lowest BCUT2D eigenvalue weighted by Gasteiger charge is -2.33. The van der Waals surface area contributed by atoms with Gasteiger partial charge in [-0.25, -0.2) is 5.01 Å². The number of hydrogen-bond donors (Lipinski definition) is 5. The summed E-state index contributed by atoms with van der Waals surface area (Å²) >= 11 is 0. The molecule has 4 atom stereocenters. The number of hydrazine groups is 1. The van der Waals surface area contributed by atoms with Gasteiger partial charge in [0.15, 0.2) is 0 Å². The number of rotatable bonds is 13. The third-order valence-electron chi connectivity index (χ3n) is 4.21. The smallest absolute Gasteiger partial charge is 0.309 e. The third kappa shape index (κ3) is 8.91. The maximum absolute atomic E-state index is 12.2. The second-order valence-corrected chi connectivity index (χ2v) is 6.67. The first-order chi connectivity index (χ1) is 12.4. The highest BCUT2D eigenvalue weighted by Crippen LogP contribution is 2.16. The number of hydrogen-bond acceptors (Lipinski definition) is 8. The number of nitrogens with zero attached hydrogens (tertiary/aromatic N) is 2. The van der Waals surface area contributed by atoms with E-state index < -0.39 is 54.2 Å². The fraction of sp³-hybridized carbons (Fsp3) is 0.750. The highest BCUT2D eigenvalue weighted by molar-refractivity contribution is 5.84. The fourth-order valence-electron chi connectivity index (χ4n) is 2.48. The molecule has 0 saturated carbocycles. The summed E-state index contributed by atoms with van der Waals surface area (Å²) < 4.78 is 0. The molecular formula is C16H30N4O7. The van der Waals surface area contributed by atoms with Crippen LogP contribution in [0.5, 0.6) is 0 Å². The molecule has 0 radical (unpaired) electrons. The summed E-state index contributed by atoms with van der Waals surface area (Å²) in [6, 6.07) is -1.13. The monoisotopic (exact) mass is 390 g/mol. The predicted molar refractivity (Wildman–Crippen MR) is 94.8 cm³/mol. The molecule has 2 amide bonds. The minimum Gasteiger partial charge on any atom is -0.481 e. The summed E-state index contributed by atoms with van der Waals surface area (Å²) in [5.41, 5.74) is 10.8. The highest BCUT2D eigenvalue weighted by atomic mass is 16.4. The van der Waals surface area contributed by atoms with Crippen LogP contribution in [0.4, 0.5) is 0 Å². The largest absolute Gasteiger partial charge is 0.481 e. The van der Waals surface area contributed by atoms with Crippen LogP contribution in [0.15, 0.2) is 0 Å². The van der Waals surface area contributed by atoms with E-state index in [-0.39, 0.29) is 25.8 Å². The maximum Gasteiger partial charge on any atom is 0.309 e. The van der Waals surface area contributed by atoms with Gasteiger partial charge in [0.2, 0.25) is 5.91 Å². The van der Waals surface area contributed by atoms with Gasteiger partial charge in [0.25, 0.3) is 5.91 Å². The molecule has 0 aromatic carbocycles. The average Bonchev–Trinajstić information content (AvgIpc) is 2.56. The number of aliphatic hydroxyl groups is 2. The van der Waals surface area contributed by atoms with E-state index in [0.717, 1.165) is 0 Å². The summed E-state index contributed by atoms with van der Waals surface area (Å²) in [6.07, 6.45) is -1.70. The summed E-state index contributed by atoms with van der Waals surface area (Å²) in [5.74, 6) is -4.70. The van der Waals surface area contributed by atoms with Crippen molar-refractivity contribution >= 4 is 23.6 Å². The zero-order valence-corrected chi connectivity index (χ0v) is 15.9. The lowest BCUT2D eigenvalue weighted by Crippen LogP contribution is -2.53. The van der Waals surface area contributed by atoms with Gasteiger partial charge in [-0.05, 0) is 12.8 Å². The molecule has 0 aromatic rings. The van der Waals surface area contributed by atoms with Crippen LogP contribution >= 0.6 is 0 Å². The zero-order chi connectivity index (χ0) is 21.3. The van der Waals surface area contributed by atoms with Crippen molar-refractivity contribution in [2.75, 3.05) is 27.2 Å². The number of ketones is 1. The van der Waals surface area contributed by atoms with Crippen LogP contribution in [-0.2, 0) is 19.2 Å². The van der Waals surface area contributed by atoms with Crippen molar-refractivity contribution in [3.63, 3.8) is 0 Å². The van der Waals surface area contributed by atoms with Gasteiger partial charge in [-0.3, -0.25) is 24.2 Å². The first kappa shape index (κ1) is 24.9. The van der Waals surface area contributed by atoms with Crippen molar-refractivity contribution in [2.45, 2.75) is 38.3 Å². The van der Waals surface area contributed by atoms with Gasteiger partial charge in [-0.1, -0.05) is 0 Å². The molecule has 0 aliphatic carbocycles. The summed E-state index contributed by atoms with van der Waals surface area (Å²) in [7, 11) is 2.97. The first-order valence-electron chi connectivity index (χ1n) is 8.46. The van der Waals surface area contributed by atoms with E-state index in [2.05, 4.69) is 0 Å². The van der Waals surface area contributed by atoms with Gasteiger partial charge in [0, 0.05) is 39.9 Å². The minimum atomic E-state index is -1.29. The zero-order valence-electron chi connectivity index (χ0n) is 15.9. The van der Waals surface area contributed by atoms with Gasteiger partial charge in [-0.2, -0.15) is 0 Å². The Morgan fingerprint density at radius 3 is 2.04 bits per heavy atom. The Balaban J connectivity index is 4.99. The van der Waals surface area contributed by atoms with Gasteiger partial charge < -0.3 is 26.8 Å². The number of carbonyl (C=O) groups is 4. The molecule has 7 N–H and O–H groups in total. The molecule has 0 heterocycles. The summed E-state index contributed by atoms with van der Waals surface area (Å²) in [6.45, 7) is 0.807. The molecule has 1 unspecified atom stereocenters. The second-order valence-electron chi connectivity index (χ2n) is 6.67. The molecule has 0 rings (SSSR count). The molecule has 0 aromatic heterocycles. The topological polar surface area (TPSA) is 187 Å². The van der Waals surface area contributed by atoms with Crippen LogP contribution in [0.2, 0.25) is 0 Å². The number of aliphatic carboxylic acids is 1. The van der Waals surface area contributed by atoms with Crippen molar-refractivity contribution in [1.82, 2.24) is 10.0 Å². The molecule has 0 fully saturated rings. The van der Waals surface area contributed by atoms with E-state index in [1.807, 2.05) is 0 Å². The number of carboxylic acid groups (broad SMARTS) is 1. The molecule has 11 heteroatoms. The molecule has 0 aliphatic rings. The van der Waals surface area contributed by atoms with Crippen LogP contribution in [0.25, 0.3) is 0 Å². The highest BCUT2D eigenvalue weighted by Gasteiger charge is 2.28. The number of primary amides is 1. The second kappa shape index (κ2) is 11.6. The maximum atomic E-state index is 12.2. The Morgan fingerprint density at radius 2 is 1.63 bits per heavy atom. The SMILES string of the molecule is CC(O)[C@H](N)C(=O)N(C)N(C)C[C@H](CC(N)=O)CC(=O)C[C@@H](CO)C(=O)O. The summed E-state index contributed by atoms with van der Waals surface area (Å²) in [5, 5.41) is 30.0. The van der Waals surface area contributed by atoms with E-state index in [4.69, 9.17) is 21.7 Å². The number of carbonyl (C=O) groups excluding carboxylic acids is 3. The normalized spacial score (nSPS) is 15.7. The number of Topliss-reactive ketones (excluding diaryl/α,β-unsaturated/α-hetero) is 1. The van der Waals surface area contributed by atoms with Gasteiger partial charge >= 0.3 is 5.97 Å². The van der Waals surface area contributed by atoms with Crippen LogP contribution in [0, 0.1) is 11.8 Å². The average molecular weight is 390 g/mol. The number of amides is 2. The molecule has 156 valence electrons. The quantitative estimate of drug-likeness (QED) is 0.212. The third-order valence-corrected chi connectivity index (χ3v) is 4.21. The van der Waals surface area contributed by atoms with Gasteiger partial charge in [0.05, 0.1) is 18.6 Å². The van der Waals surface area contributed by atoms with Crippen molar-refractivity contribution in [2.24, 2.45) is 23.3 Å². The predicted octanol–water partition coefficient (Wildman–Crippen LogP) is -2.47. The van der Waals surface area contributed by atoms with Crippen LogP contribution in [0.1, 0.15) is 26.2 Å². The van der Waals surface area contributed by atoms with Crippen LogP contribution in [-0.4, -0.2) is 88.3 Å². The summed E-state index contributed by atoms with van der Waals surface area (Å²) in [4.78, 5) is 46.5. The Kier molecular flexibility index (Phi) is 10.7. The standard InChI is InChI=1S/C16H30N4O7/c1-9(22)14(18)15(25)20(3)19(2)7-10(5-13(17)24)4-12(23)6-11(8-21)16(26)27/h9-11,14,21-22H,4-8,18H2,1-3H3,(H2,17,24)(H,26,27)/t9?,10-,11-,14-/m0/s1. The van der Waals surface area contributed by atoms with Gasteiger partial charge in [-0.15, -0.1) is 0 Å². The van der Waals surface area contributed by atoms with E-state index in [9.17, 15) is 24.3 Å². The lowest BCUT2D eigenvalue weighted by molar-refractivity contribution is -0.149. The number of carboxylic acids is 1. The Bertz CT molecular complexity index is 541. The Hall–Kier alpha value is -2.08.